The van der Waals surface area contributed by atoms with Crippen molar-refractivity contribution in [2.75, 3.05) is 0 Å². The number of nitrogens with zero attached hydrogens (tertiary/aromatic N) is 1. The smallest absolute Gasteiger partial charge is 0.0659 e. The Kier molecular flexibility index (Phi) is 1.40. The van der Waals surface area contributed by atoms with Crippen LogP contribution in [0, 0.1) is 5.41 Å². The van der Waals surface area contributed by atoms with Gasteiger partial charge in [-0.25, -0.2) is 4.99 Å². The highest BCUT2D eigenvalue weighted by molar-refractivity contribution is 7.78. The third-order valence-corrected chi connectivity index (χ3v) is 3.29. The Hall–Kier alpha value is -0.200. The molecule has 1 spiro atoms. The van der Waals surface area contributed by atoms with Gasteiger partial charge in [0.1, 0.15) is 0 Å². The quantitative estimate of drug-likeness (QED) is 0.416. The molecule has 0 aromatic carbocycles. The Morgan fingerprint density at radius 3 is 2.50 bits per heavy atom. The van der Waals surface area contributed by atoms with Crippen molar-refractivity contribution in [1.82, 2.24) is 0 Å². The SMILES string of the molecule is S=C=NC1CCC12CCC2. The van der Waals surface area contributed by atoms with Crippen molar-refractivity contribution >= 4 is 17.4 Å². The lowest BCUT2D eigenvalue weighted by Gasteiger charge is -2.53. The van der Waals surface area contributed by atoms with E-state index in [2.05, 4.69) is 22.4 Å². The average Bonchev–Trinajstić information content (AvgIpc) is 1.77. The summed E-state index contributed by atoms with van der Waals surface area (Å²) < 4.78 is 0. The van der Waals surface area contributed by atoms with Gasteiger partial charge in [-0.15, -0.1) is 0 Å². The van der Waals surface area contributed by atoms with Gasteiger partial charge in [0.25, 0.3) is 0 Å². The lowest BCUT2D eigenvalue weighted by atomic mass is 9.53. The van der Waals surface area contributed by atoms with E-state index in [-0.39, 0.29) is 0 Å². The molecule has 0 amide bonds. The highest BCUT2D eigenvalue weighted by atomic mass is 32.1. The number of hydrogen-bond acceptors (Lipinski definition) is 2. The van der Waals surface area contributed by atoms with E-state index in [0.717, 1.165) is 0 Å². The summed E-state index contributed by atoms with van der Waals surface area (Å²) in [5, 5.41) is 2.50. The Morgan fingerprint density at radius 2 is 2.20 bits per heavy atom. The predicted octanol–water partition coefficient (Wildman–Crippen LogP) is 2.42. The molecule has 1 nitrogen and oxygen atoms in total. The van der Waals surface area contributed by atoms with Crippen LogP contribution in [0.25, 0.3) is 0 Å². The molecule has 0 radical (unpaired) electrons. The Balaban J connectivity index is 2.05. The van der Waals surface area contributed by atoms with Crippen LogP contribution in [0.1, 0.15) is 32.1 Å². The van der Waals surface area contributed by atoms with Crippen LogP contribution in [-0.4, -0.2) is 11.2 Å². The van der Waals surface area contributed by atoms with Crippen LogP contribution in [0.3, 0.4) is 0 Å². The number of thiocarbonyl (C=S) groups is 1. The van der Waals surface area contributed by atoms with Crippen LogP contribution in [0.15, 0.2) is 4.99 Å². The molecule has 0 saturated heterocycles. The summed E-state index contributed by atoms with van der Waals surface area (Å²) in [7, 11) is 0. The molecule has 0 heterocycles. The van der Waals surface area contributed by atoms with Gasteiger partial charge < -0.3 is 0 Å². The predicted molar refractivity (Wildman–Crippen MR) is 44.3 cm³/mol. The van der Waals surface area contributed by atoms with Gasteiger partial charge in [0, 0.05) is 0 Å². The third-order valence-electron chi connectivity index (χ3n) is 3.18. The van der Waals surface area contributed by atoms with Crippen LogP contribution in [0.4, 0.5) is 0 Å². The summed E-state index contributed by atoms with van der Waals surface area (Å²) in [5.41, 5.74) is 0.617. The molecule has 0 aromatic heterocycles. The van der Waals surface area contributed by atoms with Crippen molar-refractivity contribution in [2.45, 2.75) is 38.1 Å². The van der Waals surface area contributed by atoms with Crippen LogP contribution in [0.2, 0.25) is 0 Å². The van der Waals surface area contributed by atoms with E-state index in [1.54, 1.807) is 0 Å². The van der Waals surface area contributed by atoms with Gasteiger partial charge in [-0.3, -0.25) is 0 Å². The topological polar surface area (TPSA) is 12.4 Å². The summed E-state index contributed by atoms with van der Waals surface area (Å²) in [6.45, 7) is 0. The zero-order valence-electron chi connectivity index (χ0n) is 5.97. The normalized spacial score (nSPS) is 33.8. The van der Waals surface area contributed by atoms with Gasteiger partial charge in [-0.05, 0) is 43.3 Å². The van der Waals surface area contributed by atoms with E-state index in [9.17, 15) is 0 Å². The number of rotatable bonds is 1. The summed E-state index contributed by atoms with van der Waals surface area (Å²) in [5.74, 6) is 0. The maximum Gasteiger partial charge on any atom is 0.0659 e. The van der Waals surface area contributed by atoms with Crippen LogP contribution in [0.5, 0.6) is 0 Å². The standard InChI is InChI=1S/C8H11NS/c10-6-9-7-2-5-8(7)3-1-4-8/h7H,1-5H2. The monoisotopic (exact) mass is 153 g/mol. The first kappa shape index (κ1) is 6.51. The molecule has 10 heavy (non-hydrogen) atoms. The molecule has 0 bridgehead atoms. The van der Waals surface area contributed by atoms with E-state index >= 15 is 0 Å². The summed E-state index contributed by atoms with van der Waals surface area (Å²) in [6.07, 6.45) is 6.82. The fourth-order valence-electron chi connectivity index (χ4n) is 2.16. The van der Waals surface area contributed by atoms with Crippen molar-refractivity contribution in [3.63, 3.8) is 0 Å². The van der Waals surface area contributed by atoms with Gasteiger partial charge in [-0.2, -0.15) is 0 Å². The number of aliphatic imine (C=N–C) groups is 1. The van der Waals surface area contributed by atoms with E-state index in [1.807, 2.05) is 0 Å². The highest BCUT2D eigenvalue weighted by Crippen LogP contribution is 2.57. The lowest BCUT2D eigenvalue weighted by Crippen LogP contribution is -2.48. The fraction of sp³-hybridized carbons (Fsp3) is 0.875. The second-order valence-corrected chi connectivity index (χ2v) is 3.67. The molecule has 2 aliphatic carbocycles. The molecule has 0 aliphatic heterocycles. The molecule has 1 unspecified atom stereocenters. The third kappa shape index (κ3) is 0.694. The largest absolute Gasteiger partial charge is 0.229 e. The molecule has 2 rings (SSSR count). The van der Waals surface area contributed by atoms with Gasteiger partial charge in [-0.1, -0.05) is 6.42 Å². The molecule has 2 aliphatic rings. The molecular formula is C8H11NS. The van der Waals surface area contributed by atoms with Gasteiger partial charge in [0.05, 0.1) is 11.2 Å². The highest BCUT2D eigenvalue weighted by Gasteiger charge is 2.50. The minimum absolute atomic E-state index is 0.554. The van der Waals surface area contributed by atoms with E-state index in [1.165, 1.54) is 32.1 Å². The maximum absolute atomic E-state index is 4.59. The van der Waals surface area contributed by atoms with E-state index < -0.39 is 0 Å². The minimum atomic E-state index is 0.554. The molecule has 0 aromatic rings. The van der Waals surface area contributed by atoms with Gasteiger partial charge >= 0.3 is 0 Å². The van der Waals surface area contributed by atoms with Crippen LogP contribution < -0.4 is 0 Å². The Morgan fingerprint density at radius 1 is 1.40 bits per heavy atom. The zero-order valence-corrected chi connectivity index (χ0v) is 6.78. The minimum Gasteiger partial charge on any atom is -0.229 e. The van der Waals surface area contributed by atoms with Crippen molar-refractivity contribution in [2.24, 2.45) is 10.4 Å². The number of hydrogen-bond donors (Lipinski definition) is 0. The van der Waals surface area contributed by atoms with Gasteiger partial charge in [0.15, 0.2) is 0 Å². The number of isothiocyanates is 1. The lowest BCUT2D eigenvalue weighted by molar-refractivity contribution is 0.00428. The molecule has 54 valence electrons. The van der Waals surface area contributed by atoms with E-state index in [0.29, 0.717) is 11.5 Å². The Bertz CT molecular complexity index is 184. The first-order chi connectivity index (χ1) is 4.87. The second-order valence-electron chi connectivity index (χ2n) is 3.49. The zero-order chi connectivity index (χ0) is 7.03. The van der Waals surface area contributed by atoms with Crippen LogP contribution in [-0.2, 0) is 0 Å². The van der Waals surface area contributed by atoms with Crippen LogP contribution >= 0.6 is 12.2 Å². The maximum atomic E-state index is 4.59. The average molecular weight is 153 g/mol. The van der Waals surface area contributed by atoms with Crippen molar-refractivity contribution in [3.05, 3.63) is 0 Å². The molecule has 2 heteroatoms. The molecule has 1 atom stereocenters. The first-order valence-electron chi connectivity index (χ1n) is 3.94. The van der Waals surface area contributed by atoms with E-state index in [4.69, 9.17) is 0 Å². The molecular weight excluding hydrogens is 142 g/mol. The van der Waals surface area contributed by atoms with Crippen molar-refractivity contribution < 1.29 is 0 Å². The van der Waals surface area contributed by atoms with Gasteiger partial charge in [0.2, 0.25) is 0 Å². The molecule has 2 saturated carbocycles. The first-order valence-corrected chi connectivity index (χ1v) is 4.35. The summed E-state index contributed by atoms with van der Waals surface area (Å²) >= 11 is 4.59. The molecule has 0 N–H and O–H groups in total. The summed E-state index contributed by atoms with van der Waals surface area (Å²) in [6, 6.07) is 0.554. The van der Waals surface area contributed by atoms with Crippen molar-refractivity contribution in [3.8, 4) is 0 Å². The fourth-order valence-corrected chi connectivity index (χ4v) is 2.29. The second kappa shape index (κ2) is 2.14. The van der Waals surface area contributed by atoms with Crippen molar-refractivity contribution in [1.29, 1.82) is 0 Å². The molecule has 2 fully saturated rings. The summed E-state index contributed by atoms with van der Waals surface area (Å²) in [4.78, 5) is 4.17. The Labute approximate surface area is 66.5 Å².